The SMILES string of the molecule is CNC(C)c1c(OC)cccc1N1CCNC(=O)C1(C)C. The highest BCUT2D eigenvalue weighted by Gasteiger charge is 2.39. The third kappa shape index (κ3) is 2.70. The highest BCUT2D eigenvalue weighted by molar-refractivity contribution is 5.91. The smallest absolute Gasteiger partial charge is 0.245 e. The first-order valence-corrected chi connectivity index (χ1v) is 7.33. The number of carbonyl (C=O) groups is 1. The summed E-state index contributed by atoms with van der Waals surface area (Å²) in [6.45, 7) is 7.45. The molecule has 5 nitrogen and oxygen atoms in total. The lowest BCUT2D eigenvalue weighted by Crippen LogP contribution is -2.62. The summed E-state index contributed by atoms with van der Waals surface area (Å²) in [5.74, 6) is 0.899. The van der Waals surface area contributed by atoms with E-state index in [1.165, 1.54) is 0 Å². The van der Waals surface area contributed by atoms with E-state index in [1.54, 1.807) is 7.11 Å². The second-order valence-corrected chi connectivity index (χ2v) is 5.87. The first kappa shape index (κ1) is 15.6. The highest BCUT2D eigenvalue weighted by atomic mass is 16.5. The number of benzene rings is 1. The Balaban J connectivity index is 2.55. The van der Waals surface area contributed by atoms with Gasteiger partial charge < -0.3 is 20.3 Å². The minimum Gasteiger partial charge on any atom is -0.496 e. The molecule has 116 valence electrons. The summed E-state index contributed by atoms with van der Waals surface area (Å²) in [4.78, 5) is 14.4. The molecule has 1 fully saturated rings. The maximum Gasteiger partial charge on any atom is 0.245 e. The van der Waals surface area contributed by atoms with Crippen molar-refractivity contribution in [2.24, 2.45) is 0 Å². The predicted octanol–water partition coefficient (Wildman–Crippen LogP) is 1.69. The molecule has 2 N–H and O–H groups in total. The van der Waals surface area contributed by atoms with Crippen molar-refractivity contribution < 1.29 is 9.53 Å². The molecule has 1 amide bonds. The number of carbonyl (C=O) groups excluding carboxylic acids is 1. The Morgan fingerprint density at radius 3 is 2.76 bits per heavy atom. The zero-order valence-corrected chi connectivity index (χ0v) is 13.5. The molecule has 1 unspecified atom stereocenters. The average molecular weight is 291 g/mol. The van der Waals surface area contributed by atoms with E-state index in [2.05, 4.69) is 28.5 Å². The van der Waals surface area contributed by atoms with Crippen LogP contribution in [0, 0.1) is 0 Å². The van der Waals surface area contributed by atoms with Gasteiger partial charge in [-0.05, 0) is 40.0 Å². The summed E-state index contributed by atoms with van der Waals surface area (Å²) < 4.78 is 5.53. The van der Waals surface area contributed by atoms with E-state index in [4.69, 9.17) is 4.74 Å². The van der Waals surface area contributed by atoms with Crippen LogP contribution in [0.2, 0.25) is 0 Å². The molecular formula is C16H25N3O2. The summed E-state index contributed by atoms with van der Waals surface area (Å²) in [7, 11) is 3.61. The Kier molecular flexibility index (Phi) is 4.42. The lowest BCUT2D eigenvalue weighted by molar-refractivity contribution is -0.126. The van der Waals surface area contributed by atoms with Crippen molar-refractivity contribution >= 4 is 11.6 Å². The number of nitrogens with zero attached hydrogens (tertiary/aromatic N) is 1. The number of ether oxygens (including phenoxy) is 1. The van der Waals surface area contributed by atoms with Crippen LogP contribution in [0.3, 0.4) is 0 Å². The van der Waals surface area contributed by atoms with Crippen LogP contribution in [0.1, 0.15) is 32.4 Å². The molecule has 2 rings (SSSR count). The van der Waals surface area contributed by atoms with Gasteiger partial charge >= 0.3 is 0 Å². The number of hydrogen-bond donors (Lipinski definition) is 2. The van der Waals surface area contributed by atoms with Crippen molar-refractivity contribution in [3.63, 3.8) is 0 Å². The van der Waals surface area contributed by atoms with Crippen LogP contribution in [0.4, 0.5) is 5.69 Å². The fourth-order valence-electron chi connectivity index (χ4n) is 2.85. The summed E-state index contributed by atoms with van der Waals surface area (Å²) in [5.41, 5.74) is 1.56. The van der Waals surface area contributed by atoms with Crippen molar-refractivity contribution in [3.8, 4) is 5.75 Å². The van der Waals surface area contributed by atoms with E-state index in [0.29, 0.717) is 6.54 Å². The van der Waals surface area contributed by atoms with Crippen molar-refractivity contribution in [1.29, 1.82) is 0 Å². The van der Waals surface area contributed by atoms with Gasteiger partial charge in [0.1, 0.15) is 11.3 Å². The first-order valence-electron chi connectivity index (χ1n) is 7.33. The monoisotopic (exact) mass is 291 g/mol. The van der Waals surface area contributed by atoms with Crippen LogP contribution in [0.15, 0.2) is 18.2 Å². The van der Waals surface area contributed by atoms with E-state index in [-0.39, 0.29) is 11.9 Å². The van der Waals surface area contributed by atoms with Crippen molar-refractivity contribution in [3.05, 3.63) is 23.8 Å². The average Bonchev–Trinajstić information content (AvgIpc) is 2.48. The van der Waals surface area contributed by atoms with Crippen molar-refractivity contribution in [2.45, 2.75) is 32.4 Å². The minimum absolute atomic E-state index is 0.0552. The Bertz CT molecular complexity index is 528. The number of anilines is 1. The first-order chi connectivity index (χ1) is 9.93. The molecule has 1 atom stereocenters. The van der Waals surface area contributed by atoms with Gasteiger partial charge in [0.15, 0.2) is 0 Å². The highest BCUT2D eigenvalue weighted by Crippen LogP contribution is 2.37. The van der Waals surface area contributed by atoms with E-state index in [0.717, 1.165) is 23.5 Å². The number of hydrogen-bond acceptors (Lipinski definition) is 4. The molecule has 0 saturated carbocycles. The Morgan fingerprint density at radius 1 is 1.43 bits per heavy atom. The second kappa shape index (κ2) is 5.93. The molecular weight excluding hydrogens is 266 g/mol. The third-order valence-electron chi connectivity index (χ3n) is 4.27. The van der Waals surface area contributed by atoms with Gasteiger partial charge in [-0.2, -0.15) is 0 Å². The number of amides is 1. The van der Waals surface area contributed by atoms with Gasteiger partial charge in [-0.15, -0.1) is 0 Å². The molecule has 0 spiro atoms. The quantitative estimate of drug-likeness (QED) is 0.886. The fourth-order valence-corrected chi connectivity index (χ4v) is 2.85. The zero-order valence-electron chi connectivity index (χ0n) is 13.5. The molecule has 1 aromatic rings. The molecule has 0 aliphatic carbocycles. The number of piperazine rings is 1. The van der Waals surface area contributed by atoms with Crippen LogP contribution in [-0.2, 0) is 4.79 Å². The Morgan fingerprint density at radius 2 is 2.14 bits per heavy atom. The number of methoxy groups -OCH3 is 1. The van der Waals surface area contributed by atoms with Gasteiger partial charge in [0.25, 0.3) is 0 Å². The van der Waals surface area contributed by atoms with Gasteiger partial charge in [0, 0.05) is 30.4 Å². The van der Waals surface area contributed by atoms with Gasteiger partial charge in [-0.1, -0.05) is 6.07 Å². The van der Waals surface area contributed by atoms with E-state index < -0.39 is 5.54 Å². The largest absolute Gasteiger partial charge is 0.496 e. The van der Waals surface area contributed by atoms with Gasteiger partial charge in [0.2, 0.25) is 5.91 Å². The fraction of sp³-hybridized carbons (Fsp3) is 0.562. The van der Waals surface area contributed by atoms with Crippen LogP contribution in [0.25, 0.3) is 0 Å². The molecule has 1 aromatic carbocycles. The molecule has 5 heteroatoms. The Labute approximate surface area is 126 Å². The molecule has 1 aliphatic rings. The maximum absolute atomic E-state index is 12.2. The molecule has 21 heavy (non-hydrogen) atoms. The van der Waals surface area contributed by atoms with Crippen LogP contribution >= 0.6 is 0 Å². The van der Waals surface area contributed by atoms with Crippen LogP contribution in [0.5, 0.6) is 5.75 Å². The molecule has 1 heterocycles. The molecule has 0 radical (unpaired) electrons. The van der Waals surface area contributed by atoms with Gasteiger partial charge in [-0.25, -0.2) is 0 Å². The standard InChI is InChI=1S/C16H25N3O2/c1-11(17-4)14-12(7-6-8-13(14)21-5)19-10-9-18-15(20)16(19,2)3/h6-8,11,17H,9-10H2,1-5H3,(H,18,20). The van der Waals surface area contributed by atoms with Gasteiger partial charge in [-0.3, -0.25) is 4.79 Å². The predicted molar refractivity (Wildman–Crippen MR) is 84.9 cm³/mol. The normalized spacial score (nSPS) is 19.1. The van der Waals surface area contributed by atoms with Gasteiger partial charge in [0.05, 0.1) is 7.11 Å². The molecule has 1 saturated heterocycles. The van der Waals surface area contributed by atoms with E-state index in [9.17, 15) is 4.79 Å². The molecule has 1 aliphatic heterocycles. The zero-order chi connectivity index (χ0) is 15.6. The topological polar surface area (TPSA) is 53.6 Å². The van der Waals surface area contributed by atoms with Crippen LogP contribution < -0.4 is 20.3 Å². The third-order valence-corrected chi connectivity index (χ3v) is 4.27. The maximum atomic E-state index is 12.2. The van der Waals surface area contributed by atoms with Crippen LogP contribution in [-0.4, -0.2) is 38.7 Å². The van der Waals surface area contributed by atoms with E-state index in [1.807, 2.05) is 33.0 Å². The lowest BCUT2D eigenvalue weighted by Gasteiger charge is -2.44. The summed E-state index contributed by atoms with van der Waals surface area (Å²) in [6, 6.07) is 6.13. The summed E-state index contributed by atoms with van der Waals surface area (Å²) >= 11 is 0. The summed E-state index contributed by atoms with van der Waals surface area (Å²) in [5, 5.41) is 6.20. The number of rotatable bonds is 4. The minimum atomic E-state index is -0.577. The molecule has 0 bridgehead atoms. The second-order valence-electron chi connectivity index (χ2n) is 5.87. The Hall–Kier alpha value is -1.75. The summed E-state index contributed by atoms with van der Waals surface area (Å²) in [6.07, 6.45) is 0. The van der Waals surface area contributed by atoms with Crippen molar-refractivity contribution in [2.75, 3.05) is 32.1 Å². The van der Waals surface area contributed by atoms with E-state index >= 15 is 0 Å². The lowest BCUT2D eigenvalue weighted by atomic mass is 9.94. The number of nitrogens with one attached hydrogen (secondary N) is 2. The molecule has 0 aromatic heterocycles. The van der Waals surface area contributed by atoms with Crippen molar-refractivity contribution in [1.82, 2.24) is 10.6 Å².